The van der Waals surface area contributed by atoms with Gasteiger partial charge in [-0.15, -0.1) is 0 Å². The van der Waals surface area contributed by atoms with Gasteiger partial charge in [0.2, 0.25) is 0 Å². The van der Waals surface area contributed by atoms with Crippen LogP contribution in [0.1, 0.15) is 10.4 Å². The molecule has 5 nitrogen and oxygen atoms in total. The first kappa shape index (κ1) is 12.2. The van der Waals surface area contributed by atoms with Crippen LogP contribution in [0.15, 0.2) is 48.8 Å². The number of nitrogens with zero attached hydrogens (tertiary/aromatic N) is 2. The molecule has 6 heteroatoms. The molecular formula is C14H11FN4O. The van der Waals surface area contributed by atoms with Gasteiger partial charge in [-0.2, -0.15) is 5.10 Å². The first-order chi connectivity index (χ1) is 9.63. The highest BCUT2D eigenvalue weighted by atomic mass is 19.1. The third kappa shape index (κ3) is 2.18. The molecule has 3 rings (SSSR count). The SMILES string of the molecule is Nc1cc(F)cc(NC(=O)c2cnn3ccccc23)c1. The minimum atomic E-state index is -0.500. The number of carbonyl (C=O) groups is 1. The van der Waals surface area contributed by atoms with Crippen LogP contribution in [0, 0.1) is 5.82 Å². The van der Waals surface area contributed by atoms with Crippen LogP contribution >= 0.6 is 0 Å². The van der Waals surface area contributed by atoms with Gasteiger partial charge in [0, 0.05) is 17.6 Å². The molecule has 1 aromatic carbocycles. The molecule has 0 aliphatic heterocycles. The summed E-state index contributed by atoms with van der Waals surface area (Å²) in [6.45, 7) is 0. The number of carbonyl (C=O) groups excluding carboxylic acids is 1. The minimum absolute atomic E-state index is 0.250. The Hall–Kier alpha value is -2.89. The summed E-state index contributed by atoms with van der Waals surface area (Å²) in [6, 6.07) is 9.29. The monoisotopic (exact) mass is 270 g/mol. The summed E-state index contributed by atoms with van der Waals surface area (Å²) in [5.41, 5.74) is 7.18. The Morgan fingerprint density at radius 3 is 2.95 bits per heavy atom. The summed E-state index contributed by atoms with van der Waals surface area (Å²) in [6.07, 6.45) is 3.21. The van der Waals surface area contributed by atoms with Crippen LogP contribution < -0.4 is 11.1 Å². The van der Waals surface area contributed by atoms with Crippen molar-refractivity contribution in [2.24, 2.45) is 0 Å². The highest BCUT2D eigenvalue weighted by molar-refractivity contribution is 6.08. The van der Waals surface area contributed by atoms with Crippen molar-refractivity contribution in [3.05, 3.63) is 60.2 Å². The van der Waals surface area contributed by atoms with E-state index >= 15 is 0 Å². The van der Waals surface area contributed by atoms with Crippen molar-refractivity contribution in [1.29, 1.82) is 0 Å². The molecule has 2 aromatic heterocycles. The lowest BCUT2D eigenvalue weighted by molar-refractivity contribution is 0.102. The number of halogens is 1. The molecule has 100 valence electrons. The lowest BCUT2D eigenvalue weighted by Crippen LogP contribution is -2.12. The van der Waals surface area contributed by atoms with Crippen LogP contribution in [0.4, 0.5) is 15.8 Å². The second-order valence-corrected chi connectivity index (χ2v) is 4.32. The molecule has 0 aliphatic carbocycles. The van der Waals surface area contributed by atoms with Crippen molar-refractivity contribution in [3.63, 3.8) is 0 Å². The Bertz CT molecular complexity index is 776. The predicted molar refractivity (Wildman–Crippen MR) is 74.0 cm³/mol. The van der Waals surface area contributed by atoms with E-state index in [9.17, 15) is 9.18 Å². The number of amides is 1. The van der Waals surface area contributed by atoms with E-state index in [4.69, 9.17) is 5.73 Å². The molecule has 0 bridgehead atoms. The van der Waals surface area contributed by atoms with E-state index in [1.807, 2.05) is 12.1 Å². The number of aromatic nitrogens is 2. The highest BCUT2D eigenvalue weighted by Crippen LogP contribution is 2.17. The molecule has 2 heterocycles. The zero-order chi connectivity index (χ0) is 14.1. The molecule has 0 fully saturated rings. The Morgan fingerprint density at radius 1 is 1.30 bits per heavy atom. The number of hydrogen-bond acceptors (Lipinski definition) is 3. The maximum absolute atomic E-state index is 13.2. The number of nitrogens with one attached hydrogen (secondary N) is 1. The van der Waals surface area contributed by atoms with Crippen molar-refractivity contribution < 1.29 is 9.18 Å². The predicted octanol–water partition coefficient (Wildman–Crippen LogP) is 2.31. The second kappa shape index (κ2) is 4.65. The molecule has 1 amide bonds. The second-order valence-electron chi connectivity index (χ2n) is 4.32. The number of nitrogen functional groups attached to an aromatic ring is 1. The lowest BCUT2D eigenvalue weighted by atomic mass is 10.2. The third-order valence-corrected chi connectivity index (χ3v) is 2.85. The minimum Gasteiger partial charge on any atom is -0.399 e. The van der Waals surface area contributed by atoms with E-state index in [2.05, 4.69) is 10.4 Å². The molecule has 3 aromatic rings. The van der Waals surface area contributed by atoms with Gasteiger partial charge in [0.1, 0.15) is 5.82 Å². The first-order valence-corrected chi connectivity index (χ1v) is 5.93. The van der Waals surface area contributed by atoms with E-state index < -0.39 is 5.82 Å². The zero-order valence-electron chi connectivity index (χ0n) is 10.4. The van der Waals surface area contributed by atoms with Gasteiger partial charge in [-0.25, -0.2) is 8.91 Å². The molecule has 0 unspecified atom stereocenters. The maximum atomic E-state index is 13.2. The van der Waals surface area contributed by atoms with Gasteiger partial charge in [0.05, 0.1) is 17.3 Å². The third-order valence-electron chi connectivity index (χ3n) is 2.85. The van der Waals surface area contributed by atoms with Gasteiger partial charge in [-0.3, -0.25) is 4.79 Å². The van der Waals surface area contributed by atoms with Crippen molar-refractivity contribution in [2.45, 2.75) is 0 Å². The molecule has 0 aliphatic rings. The number of nitrogens with two attached hydrogens (primary N) is 1. The molecule has 3 N–H and O–H groups in total. The summed E-state index contributed by atoms with van der Waals surface area (Å²) in [5, 5.41) is 6.68. The van der Waals surface area contributed by atoms with Gasteiger partial charge in [-0.1, -0.05) is 6.07 Å². The summed E-state index contributed by atoms with van der Waals surface area (Å²) >= 11 is 0. The largest absolute Gasteiger partial charge is 0.399 e. The molecule has 0 saturated carbocycles. The van der Waals surface area contributed by atoms with Crippen molar-refractivity contribution in [1.82, 2.24) is 9.61 Å². The van der Waals surface area contributed by atoms with Crippen LogP contribution in [0.3, 0.4) is 0 Å². The van der Waals surface area contributed by atoms with Crippen LogP contribution in [-0.2, 0) is 0 Å². The normalized spacial score (nSPS) is 10.7. The van der Waals surface area contributed by atoms with Crippen LogP contribution in [0.5, 0.6) is 0 Å². The van der Waals surface area contributed by atoms with Gasteiger partial charge >= 0.3 is 0 Å². The van der Waals surface area contributed by atoms with E-state index in [-0.39, 0.29) is 11.6 Å². The standard InChI is InChI=1S/C14H11FN4O/c15-9-5-10(16)7-11(6-9)18-14(20)12-8-17-19-4-2-1-3-13(12)19/h1-8H,16H2,(H,18,20). The first-order valence-electron chi connectivity index (χ1n) is 5.93. The maximum Gasteiger partial charge on any atom is 0.259 e. The number of anilines is 2. The Labute approximate surface area is 113 Å². The number of fused-ring (bicyclic) bond motifs is 1. The molecule has 20 heavy (non-hydrogen) atoms. The number of hydrogen-bond donors (Lipinski definition) is 2. The Kier molecular flexibility index (Phi) is 2.83. The zero-order valence-corrected chi connectivity index (χ0v) is 10.4. The van der Waals surface area contributed by atoms with Crippen molar-refractivity contribution >= 4 is 22.8 Å². The Morgan fingerprint density at radius 2 is 2.15 bits per heavy atom. The van der Waals surface area contributed by atoms with Gasteiger partial charge in [0.25, 0.3) is 5.91 Å². The molecule has 0 atom stereocenters. The van der Waals surface area contributed by atoms with Crippen LogP contribution in [-0.4, -0.2) is 15.5 Å². The average Bonchev–Trinajstić information content (AvgIpc) is 2.81. The van der Waals surface area contributed by atoms with E-state index in [1.165, 1.54) is 24.4 Å². The van der Waals surface area contributed by atoms with Gasteiger partial charge < -0.3 is 11.1 Å². The summed E-state index contributed by atoms with van der Waals surface area (Å²) in [4.78, 5) is 12.2. The fraction of sp³-hybridized carbons (Fsp3) is 0. The van der Waals surface area contributed by atoms with E-state index in [0.717, 1.165) is 0 Å². The lowest BCUT2D eigenvalue weighted by Gasteiger charge is -2.05. The van der Waals surface area contributed by atoms with Gasteiger partial charge in [0.15, 0.2) is 0 Å². The quantitative estimate of drug-likeness (QED) is 0.702. The molecule has 0 saturated heterocycles. The smallest absolute Gasteiger partial charge is 0.259 e. The topological polar surface area (TPSA) is 72.4 Å². The van der Waals surface area contributed by atoms with Crippen molar-refractivity contribution in [3.8, 4) is 0 Å². The van der Waals surface area contributed by atoms with Gasteiger partial charge in [-0.05, 0) is 30.3 Å². The number of benzene rings is 1. The Balaban J connectivity index is 1.93. The average molecular weight is 270 g/mol. The summed E-state index contributed by atoms with van der Waals surface area (Å²) in [5.74, 6) is -0.864. The summed E-state index contributed by atoms with van der Waals surface area (Å²) in [7, 11) is 0. The number of rotatable bonds is 2. The molecule has 0 spiro atoms. The van der Waals surface area contributed by atoms with E-state index in [1.54, 1.807) is 16.8 Å². The van der Waals surface area contributed by atoms with Crippen molar-refractivity contribution in [2.75, 3.05) is 11.1 Å². The molecule has 0 radical (unpaired) electrons. The van der Waals surface area contributed by atoms with E-state index in [0.29, 0.717) is 16.8 Å². The highest BCUT2D eigenvalue weighted by Gasteiger charge is 2.13. The fourth-order valence-corrected chi connectivity index (χ4v) is 1.99. The number of pyridine rings is 1. The summed E-state index contributed by atoms with van der Waals surface area (Å²) < 4.78 is 14.8. The molecular weight excluding hydrogens is 259 g/mol. The fourth-order valence-electron chi connectivity index (χ4n) is 1.99. The van der Waals surface area contributed by atoms with Crippen LogP contribution in [0.25, 0.3) is 5.52 Å². The van der Waals surface area contributed by atoms with Crippen LogP contribution in [0.2, 0.25) is 0 Å².